The SMILES string of the molecule is Cn1ccn(-c2ccccc2C2(C)CCCN2)c1=O. The maximum absolute atomic E-state index is 12.1. The fourth-order valence-electron chi connectivity index (χ4n) is 2.92. The van der Waals surface area contributed by atoms with Gasteiger partial charge in [0.05, 0.1) is 5.69 Å². The summed E-state index contributed by atoms with van der Waals surface area (Å²) in [7, 11) is 1.77. The molecule has 4 nitrogen and oxygen atoms in total. The second-order valence-corrected chi connectivity index (χ2v) is 5.44. The van der Waals surface area contributed by atoms with Crippen LogP contribution in [0.5, 0.6) is 0 Å². The van der Waals surface area contributed by atoms with E-state index < -0.39 is 0 Å². The van der Waals surface area contributed by atoms with E-state index in [-0.39, 0.29) is 11.2 Å². The van der Waals surface area contributed by atoms with Crippen LogP contribution >= 0.6 is 0 Å². The normalized spacial score (nSPS) is 22.8. The van der Waals surface area contributed by atoms with Crippen molar-refractivity contribution in [3.8, 4) is 5.69 Å². The van der Waals surface area contributed by atoms with Gasteiger partial charge in [0.15, 0.2) is 0 Å². The number of hydrogen-bond acceptors (Lipinski definition) is 2. The Bertz CT molecular complexity index is 647. The lowest BCUT2D eigenvalue weighted by Crippen LogP contribution is -2.35. The van der Waals surface area contributed by atoms with Crippen LogP contribution in [0.1, 0.15) is 25.3 Å². The molecule has 0 radical (unpaired) electrons. The molecule has 1 unspecified atom stereocenters. The molecule has 0 bridgehead atoms. The molecule has 0 spiro atoms. The summed E-state index contributed by atoms with van der Waals surface area (Å²) in [6.07, 6.45) is 5.91. The number of para-hydroxylation sites is 1. The van der Waals surface area contributed by atoms with Crippen molar-refractivity contribution in [1.82, 2.24) is 14.5 Å². The average molecular weight is 257 g/mol. The predicted octanol–water partition coefficient (Wildman–Crippen LogP) is 1.77. The number of aromatic nitrogens is 2. The number of benzene rings is 1. The van der Waals surface area contributed by atoms with E-state index in [0.29, 0.717) is 0 Å². The Balaban J connectivity index is 2.18. The van der Waals surface area contributed by atoms with Gasteiger partial charge in [-0.25, -0.2) is 4.79 Å². The molecule has 1 atom stereocenters. The van der Waals surface area contributed by atoms with E-state index >= 15 is 0 Å². The summed E-state index contributed by atoms with van der Waals surface area (Å²) in [4.78, 5) is 12.1. The van der Waals surface area contributed by atoms with Crippen LogP contribution in [0.4, 0.5) is 0 Å². The maximum Gasteiger partial charge on any atom is 0.332 e. The van der Waals surface area contributed by atoms with Crippen LogP contribution in [0.3, 0.4) is 0 Å². The second-order valence-electron chi connectivity index (χ2n) is 5.44. The van der Waals surface area contributed by atoms with Gasteiger partial charge in [0, 0.05) is 25.0 Å². The molecule has 3 rings (SSSR count). The van der Waals surface area contributed by atoms with Gasteiger partial charge in [0.25, 0.3) is 0 Å². The smallest absolute Gasteiger partial charge is 0.308 e. The maximum atomic E-state index is 12.1. The van der Waals surface area contributed by atoms with Gasteiger partial charge >= 0.3 is 5.69 Å². The number of hydrogen-bond donors (Lipinski definition) is 1. The number of nitrogens with one attached hydrogen (secondary N) is 1. The van der Waals surface area contributed by atoms with Gasteiger partial charge in [-0.2, -0.15) is 0 Å². The van der Waals surface area contributed by atoms with Gasteiger partial charge in [-0.3, -0.25) is 4.57 Å². The third-order valence-electron chi connectivity index (χ3n) is 4.07. The van der Waals surface area contributed by atoms with Crippen LogP contribution in [0.25, 0.3) is 5.69 Å². The molecule has 1 fully saturated rings. The van der Waals surface area contributed by atoms with Crippen LogP contribution in [-0.2, 0) is 12.6 Å². The average Bonchev–Trinajstić information content (AvgIpc) is 2.99. The molecule has 0 saturated carbocycles. The van der Waals surface area contributed by atoms with Crippen molar-refractivity contribution in [3.05, 3.63) is 52.7 Å². The topological polar surface area (TPSA) is 39.0 Å². The van der Waals surface area contributed by atoms with Crippen molar-refractivity contribution in [2.24, 2.45) is 7.05 Å². The number of imidazole rings is 1. The third-order valence-corrected chi connectivity index (χ3v) is 4.07. The minimum absolute atomic E-state index is 0.00551. The minimum atomic E-state index is -0.0358. The van der Waals surface area contributed by atoms with Crippen LogP contribution in [-0.4, -0.2) is 15.7 Å². The zero-order chi connectivity index (χ0) is 13.5. The minimum Gasteiger partial charge on any atom is -0.308 e. The fraction of sp³-hybridized carbons (Fsp3) is 0.400. The lowest BCUT2D eigenvalue weighted by molar-refractivity contribution is 0.433. The monoisotopic (exact) mass is 257 g/mol. The zero-order valence-corrected chi connectivity index (χ0v) is 11.4. The van der Waals surface area contributed by atoms with Crippen molar-refractivity contribution in [2.75, 3.05) is 6.54 Å². The molecular weight excluding hydrogens is 238 g/mol. The molecule has 1 aromatic carbocycles. The Kier molecular flexibility index (Phi) is 2.82. The standard InChI is InChI=1S/C15H19N3O/c1-15(8-5-9-16-15)12-6-3-4-7-13(12)18-11-10-17(2)14(18)19/h3-4,6-7,10-11,16H,5,8-9H2,1-2H3. The predicted molar refractivity (Wildman–Crippen MR) is 75.6 cm³/mol. The first-order chi connectivity index (χ1) is 9.12. The number of nitrogens with zero attached hydrogens (tertiary/aromatic N) is 2. The summed E-state index contributed by atoms with van der Waals surface area (Å²) in [6, 6.07) is 8.16. The molecule has 1 aliphatic heterocycles. The summed E-state index contributed by atoms with van der Waals surface area (Å²) < 4.78 is 3.32. The molecule has 2 aromatic rings. The van der Waals surface area contributed by atoms with Crippen molar-refractivity contribution >= 4 is 0 Å². The van der Waals surface area contributed by atoms with E-state index in [0.717, 1.165) is 18.7 Å². The van der Waals surface area contributed by atoms with E-state index in [2.05, 4.69) is 18.3 Å². The van der Waals surface area contributed by atoms with Gasteiger partial charge in [0.2, 0.25) is 0 Å². The van der Waals surface area contributed by atoms with E-state index in [1.165, 1.54) is 12.0 Å². The molecule has 4 heteroatoms. The summed E-state index contributed by atoms with van der Waals surface area (Å²) in [6.45, 7) is 3.25. The Labute approximate surface area is 112 Å². The highest BCUT2D eigenvalue weighted by molar-refractivity contribution is 5.45. The molecule has 19 heavy (non-hydrogen) atoms. The van der Waals surface area contributed by atoms with Gasteiger partial charge in [-0.1, -0.05) is 18.2 Å². The molecule has 0 amide bonds. The molecule has 1 saturated heterocycles. The van der Waals surface area contributed by atoms with Crippen LogP contribution in [0.2, 0.25) is 0 Å². The van der Waals surface area contributed by atoms with Gasteiger partial charge in [-0.15, -0.1) is 0 Å². The number of rotatable bonds is 2. The first-order valence-electron chi connectivity index (χ1n) is 6.71. The Morgan fingerprint density at radius 1 is 1.26 bits per heavy atom. The second kappa shape index (κ2) is 4.38. The Morgan fingerprint density at radius 2 is 2.05 bits per heavy atom. The molecule has 1 N–H and O–H groups in total. The number of aryl methyl sites for hydroxylation is 1. The van der Waals surface area contributed by atoms with E-state index in [9.17, 15) is 4.79 Å². The first-order valence-corrected chi connectivity index (χ1v) is 6.71. The highest BCUT2D eigenvalue weighted by atomic mass is 16.1. The first kappa shape index (κ1) is 12.2. The lowest BCUT2D eigenvalue weighted by atomic mass is 9.89. The Hall–Kier alpha value is -1.81. The summed E-state index contributed by atoms with van der Waals surface area (Å²) in [5.74, 6) is 0. The summed E-state index contributed by atoms with van der Waals surface area (Å²) in [5.41, 5.74) is 2.13. The van der Waals surface area contributed by atoms with Crippen molar-refractivity contribution in [2.45, 2.75) is 25.3 Å². The van der Waals surface area contributed by atoms with Crippen molar-refractivity contribution in [1.29, 1.82) is 0 Å². The van der Waals surface area contributed by atoms with Gasteiger partial charge in [-0.05, 0) is 37.9 Å². The molecule has 2 heterocycles. The highest BCUT2D eigenvalue weighted by Gasteiger charge is 2.32. The summed E-state index contributed by atoms with van der Waals surface area (Å²) >= 11 is 0. The zero-order valence-electron chi connectivity index (χ0n) is 11.4. The molecular formula is C15H19N3O. The van der Waals surface area contributed by atoms with Gasteiger partial charge < -0.3 is 9.88 Å². The summed E-state index contributed by atoms with van der Waals surface area (Å²) in [5, 5.41) is 3.56. The van der Waals surface area contributed by atoms with Crippen LogP contribution in [0.15, 0.2) is 41.5 Å². The van der Waals surface area contributed by atoms with E-state index in [4.69, 9.17) is 0 Å². The fourth-order valence-corrected chi connectivity index (χ4v) is 2.92. The molecule has 1 aliphatic rings. The largest absolute Gasteiger partial charge is 0.332 e. The molecule has 1 aromatic heterocycles. The molecule has 100 valence electrons. The Morgan fingerprint density at radius 3 is 2.68 bits per heavy atom. The lowest BCUT2D eigenvalue weighted by Gasteiger charge is -2.27. The molecule has 0 aliphatic carbocycles. The quantitative estimate of drug-likeness (QED) is 0.890. The van der Waals surface area contributed by atoms with Crippen LogP contribution in [0, 0.1) is 0 Å². The van der Waals surface area contributed by atoms with E-state index in [1.807, 2.05) is 24.4 Å². The van der Waals surface area contributed by atoms with E-state index in [1.54, 1.807) is 22.4 Å². The van der Waals surface area contributed by atoms with Crippen molar-refractivity contribution < 1.29 is 0 Å². The van der Waals surface area contributed by atoms with Crippen LogP contribution < -0.4 is 11.0 Å². The highest BCUT2D eigenvalue weighted by Crippen LogP contribution is 2.33. The third kappa shape index (κ3) is 1.92. The van der Waals surface area contributed by atoms with Crippen molar-refractivity contribution in [3.63, 3.8) is 0 Å². The van der Waals surface area contributed by atoms with Gasteiger partial charge in [0.1, 0.15) is 0 Å².